The van der Waals surface area contributed by atoms with Crippen LogP contribution in [0.25, 0.3) is 0 Å². The van der Waals surface area contributed by atoms with Gasteiger partial charge in [-0.2, -0.15) is 0 Å². The van der Waals surface area contributed by atoms with E-state index in [0.717, 1.165) is 25.7 Å². The molecule has 3 fully saturated rings. The zero-order chi connectivity index (χ0) is 14.8. The molecular formula is C16H24O4. The SMILES string of the molecule is CC1CC[C@@]23OC(=O)O[C@]2(C(C)C)CC[C@@]3(C)C(=O)C1. The van der Waals surface area contributed by atoms with Crippen LogP contribution in [0.3, 0.4) is 0 Å². The largest absolute Gasteiger partial charge is 0.509 e. The highest BCUT2D eigenvalue weighted by molar-refractivity contribution is 5.88. The minimum absolute atomic E-state index is 0.150. The van der Waals surface area contributed by atoms with Gasteiger partial charge in [-0.15, -0.1) is 0 Å². The molecule has 1 unspecified atom stereocenters. The van der Waals surface area contributed by atoms with Crippen LogP contribution in [0.2, 0.25) is 0 Å². The summed E-state index contributed by atoms with van der Waals surface area (Å²) in [7, 11) is 0. The average molecular weight is 280 g/mol. The molecule has 1 heterocycles. The van der Waals surface area contributed by atoms with Gasteiger partial charge in [0.15, 0.2) is 11.2 Å². The van der Waals surface area contributed by atoms with Crippen molar-refractivity contribution < 1.29 is 19.1 Å². The molecule has 2 aliphatic carbocycles. The van der Waals surface area contributed by atoms with Crippen molar-refractivity contribution in [2.24, 2.45) is 17.3 Å². The molecule has 0 bridgehead atoms. The van der Waals surface area contributed by atoms with Crippen LogP contribution in [0, 0.1) is 17.3 Å². The summed E-state index contributed by atoms with van der Waals surface area (Å²) < 4.78 is 11.4. The Morgan fingerprint density at radius 2 is 1.85 bits per heavy atom. The summed E-state index contributed by atoms with van der Waals surface area (Å²) in [6, 6.07) is 0. The first-order chi connectivity index (χ1) is 9.27. The summed E-state index contributed by atoms with van der Waals surface area (Å²) in [6.45, 7) is 8.22. The quantitative estimate of drug-likeness (QED) is 0.690. The molecule has 4 heteroatoms. The predicted molar refractivity (Wildman–Crippen MR) is 73.2 cm³/mol. The average Bonchev–Trinajstić information content (AvgIpc) is 2.75. The molecule has 0 aromatic carbocycles. The van der Waals surface area contributed by atoms with Gasteiger partial charge < -0.3 is 9.47 Å². The van der Waals surface area contributed by atoms with Gasteiger partial charge in [0.1, 0.15) is 5.78 Å². The van der Waals surface area contributed by atoms with Crippen LogP contribution in [-0.4, -0.2) is 23.1 Å². The highest BCUT2D eigenvalue weighted by atomic mass is 16.8. The Hall–Kier alpha value is -1.06. The summed E-state index contributed by atoms with van der Waals surface area (Å²) >= 11 is 0. The maximum Gasteiger partial charge on any atom is 0.509 e. The van der Waals surface area contributed by atoms with Gasteiger partial charge in [-0.25, -0.2) is 4.79 Å². The molecule has 2 saturated carbocycles. The van der Waals surface area contributed by atoms with Crippen LogP contribution >= 0.6 is 0 Å². The zero-order valence-electron chi connectivity index (χ0n) is 12.8. The standard InChI is InChI=1S/C16H24O4/c1-10(2)15-8-7-14(4)12(17)9-11(3)5-6-16(14,15)20-13(18)19-15/h10-11H,5-9H2,1-4H3/t11?,14-,15-,16-/m0/s1. The number of Topliss-reactive ketones (excluding diaryl/α,β-unsaturated/α-hetero) is 1. The van der Waals surface area contributed by atoms with E-state index in [1.54, 1.807) is 0 Å². The van der Waals surface area contributed by atoms with Crippen molar-refractivity contribution in [2.45, 2.75) is 71.0 Å². The highest BCUT2D eigenvalue weighted by Gasteiger charge is 2.77. The van der Waals surface area contributed by atoms with Crippen molar-refractivity contribution >= 4 is 11.9 Å². The van der Waals surface area contributed by atoms with Crippen LogP contribution in [0.15, 0.2) is 0 Å². The first-order valence-corrected chi connectivity index (χ1v) is 7.73. The van der Waals surface area contributed by atoms with Crippen LogP contribution in [0.5, 0.6) is 0 Å². The number of carbonyl (C=O) groups excluding carboxylic acids is 2. The first kappa shape index (κ1) is 13.9. The third-order valence-corrected chi connectivity index (χ3v) is 6.17. The Labute approximate surface area is 120 Å². The molecule has 20 heavy (non-hydrogen) atoms. The van der Waals surface area contributed by atoms with Gasteiger partial charge >= 0.3 is 6.16 Å². The van der Waals surface area contributed by atoms with Crippen molar-refractivity contribution in [3.63, 3.8) is 0 Å². The highest BCUT2D eigenvalue weighted by Crippen LogP contribution is 2.65. The molecule has 3 rings (SSSR count). The van der Waals surface area contributed by atoms with Gasteiger partial charge in [0, 0.05) is 6.42 Å². The Morgan fingerprint density at radius 3 is 2.50 bits per heavy atom. The van der Waals surface area contributed by atoms with E-state index in [9.17, 15) is 9.59 Å². The molecule has 112 valence electrons. The third kappa shape index (κ3) is 1.38. The van der Waals surface area contributed by atoms with Gasteiger partial charge in [0.05, 0.1) is 5.41 Å². The van der Waals surface area contributed by atoms with E-state index in [0.29, 0.717) is 12.3 Å². The normalized spacial score (nSPS) is 47.5. The molecule has 1 aliphatic heterocycles. The minimum Gasteiger partial charge on any atom is -0.423 e. The monoisotopic (exact) mass is 280 g/mol. The number of hydrogen-bond donors (Lipinski definition) is 0. The Bertz CT molecular complexity index is 471. The fourth-order valence-corrected chi connectivity index (χ4v) is 4.82. The smallest absolute Gasteiger partial charge is 0.423 e. The van der Waals surface area contributed by atoms with Crippen LogP contribution in [-0.2, 0) is 14.3 Å². The minimum atomic E-state index is -0.757. The van der Waals surface area contributed by atoms with Crippen molar-refractivity contribution in [3.05, 3.63) is 0 Å². The molecular weight excluding hydrogens is 256 g/mol. The number of ether oxygens (including phenoxy) is 2. The summed E-state index contributed by atoms with van der Waals surface area (Å²) in [6.07, 6.45) is 3.13. The molecule has 0 aromatic heterocycles. The Kier molecular flexibility index (Phi) is 2.77. The summed E-state index contributed by atoms with van der Waals surface area (Å²) in [5.41, 5.74) is -1.97. The number of rotatable bonds is 1. The lowest BCUT2D eigenvalue weighted by Gasteiger charge is -2.44. The fourth-order valence-electron chi connectivity index (χ4n) is 4.82. The molecule has 0 N–H and O–H groups in total. The molecule has 0 amide bonds. The number of carbonyl (C=O) groups is 2. The zero-order valence-corrected chi connectivity index (χ0v) is 12.8. The molecule has 1 saturated heterocycles. The second-order valence-corrected chi connectivity index (χ2v) is 7.43. The third-order valence-electron chi connectivity index (χ3n) is 6.17. The van der Waals surface area contributed by atoms with Gasteiger partial charge in [-0.05, 0) is 44.4 Å². The molecule has 0 radical (unpaired) electrons. The second kappa shape index (κ2) is 3.99. The Balaban J connectivity index is 2.17. The second-order valence-electron chi connectivity index (χ2n) is 7.43. The Morgan fingerprint density at radius 1 is 1.15 bits per heavy atom. The van der Waals surface area contributed by atoms with E-state index in [1.807, 2.05) is 6.92 Å². The van der Waals surface area contributed by atoms with E-state index in [4.69, 9.17) is 9.47 Å². The molecule has 4 atom stereocenters. The molecule has 0 aromatic rings. The fraction of sp³-hybridized carbons (Fsp3) is 0.875. The lowest BCUT2D eigenvalue weighted by molar-refractivity contribution is -0.148. The van der Waals surface area contributed by atoms with Crippen LogP contribution < -0.4 is 0 Å². The molecule has 1 spiro atoms. The van der Waals surface area contributed by atoms with E-state index >= 15 is 0 Å². The molecule has 4 nitrogen and oxygen atoms in total. The number of hydrogen-bond acceptors (Lipinski definition) is 4. The molecule has 3 aliphatic rings. The van der Waals surface area contributed by atoms with Gasteiger partial charge in [-0.3, -0.25) is 4.79 Å². The van der Waals surface area contributed by atoms with Crippen molar-refractivity contribution in [1.82, 2.24) is 0 Å². The van der Waals surface area contributed by atoms with Crippen molar-refractivity contribution in [2.75, 3.05) is 0 Å². The predicted octanol–water partition coefficient (Wildman–Crippen LogP) is 3.48. The van der Waals surface area contributed by atoms with E-state index in [1.165, 1.54) is 0 Å². The summed E-state index contributed by atoms with van der Waals surface area (Å²) in [5, 5.41) is 0. The van der Waals surface area contributed by atoms with E-state index in [-0.39, 0.29) is 11.7 Å². The lowest BCUT2D eigenvalue weighted by Crippen LogP contribution is -2.59. The van der Waals surface area contributed by atoms with Crippen LogP contribution in [0.1, 0.15) is 59.8 Å². The van der Waals surface area contributed by atoms with E-state index < -0.39 is 22.8 Å². The van der Waals surface area contributed by atoms with Crippen LogP contribution in [0.4, 0.5) is 4.79 Å². The van der Waals surface area contributed by atoms with Gasteiger partial charge in [0.25, 0.3) is 0 Å². The van der Waals surface area contributed by atoms with Crippen molar-refractivity contribution in [1.29, 1.82) is 0 Å². The van der Waals surface area contributed by atoms with E-state index in [2.05, 4.69) is 20.8 Å². The topological polar surface area (TPSA) is 52.6 Å². The maximum atomic E-state index is 12.8. The lowest BCUT2D eigenvalue weighted by atomic mass is 9.64. The number of ketones is 1. The maximum absolute atomic E-state index is 12.8. The van der Waals surface area contributed by atoms with Crippen molar-refractivity contribution in [3.8, 4) is 0 Å². The van der Waals surface area contributed by atoms with Gasteiger partial charge in [0.2, 0.25) is 0 Å². The van der Waals surface area contributed by atoms with Gasteiger partial charge in [-0.1, -0.05) is 20.8 Å². The first-order valence-electron chi connectivity index (χ1n) is 7.73. The summed E-state index contributed by atoms with van der Waals surface area (Å²) in [4.78, 5) is 24.7. The summed E-state index contributed by atoms with van der Waals surface area (Å²) in [5.74, 6) is 0.740.